The third kappa shape index (κ3) is 1.77. The molecule has 0 aliphatic carbocycles. The number of nitrogen functional groups attached to an aromatic ring is 1. The third-order valence-corrected chi connectivity index (χ3v) is 2.05. The largest absolute Gasteiger partial charge is 0.398 e. The number of hydrogen-bond donors (Lipinski definition) is 1. The summed E-state index contributed by atoms with van der Waals surface area (Å²) < 4.78 is 0. The summed E-state index contributed by atoms with van der Waals surface area (Å²) in [5.74, 6) is 5.58. The van der Waals surface area contributed by atoms with Crippen LogP contribution in [0.15, 0.2) is 24.5 Å². The van der Waals surface area contributed by atoms with Crippen molar-refractivity contribution in [1.29, 1.82) is 5.26 Å². The second-order valence-corrected chi connectivity index (χ2v) is 3.09. The minimum absolute atomic E-state index is 0.177. The van der Waals surface area contributed by atoms with E-state index in [1.165, 1.54) is 0 Å². The first-order valence-corrected chi connectivity index (χ1v) is 4.68. The SMILES string of the molecule is N#CCC#Cc1c(N)ccc2nccnc12. The van der Waals surface area contributed by atoms with E-state index in [-0.39, 0.29) is 6.42 Å². The second kappa shape index (κ2) is 4.29. The Morgan fingerprint density at radius 1 is 1.25 bits per heavy atom. The topological polar surface area (TPSA) is 75.6 Å². The van der Waals surface area contributed by atoms with Crippen LogP contribution in [0.3, 0.4) is 0 Å². The number of anilines is 1. The van der Waals surface area contributed by atoms with Gasteiger partial charge >= 0.3 is 0 Å². The number of nitrogens with two attached hydrogens (primary N) is 1. The van der Waals surface area contributed by atoms with E-state index in [0.717, 1.165) is 5.52 Å². The van der Waals surface area contributed by atoms with E-state index < -0.39 is 0 Å². The highest BCUT2D eigenvalue weighted by Gasteiger charge is 2.04. The number of aromatic nitrogens is 2. The van der Waals surface area contributed by atoms with Gasteiger partial charge in [-0.05, 0) is 12.1 Å². The minimum atomic E-state index is 0.177. The number of fused-ring (bicyclic) bond motifs is 1. The lowest BCUT2D eigenvalue weighted by Crippen LogP contribution is -1.94. The fourth-order valence-corrected chi connectivity index (χ4v) is 1.36. The van der Waals surface area contributed by atoms with Gasteiger partial charge in [0.05, 0.1) is 23.6 Å². The molecule has 0 fully saturated rings. The lowest BCUT2D eigenvalue weighted by atomic mass is 10.1. The van der Waals surface area contributed by atoms with Crippen molar-refractivity contribution in [2.75, 3.05) is 5.73 Å². The average Bonchev–Trinajstić information content (AvgIpc) is 2.32. The summed E-state index contributed by atoms with van der Waals surface area (Å²) >= 11 is 0. The van der Waals surface area contributed by atoms with Gasteiger partial charge in [0.2, 0.25) is 0 Å². The van der Waals surface area contributed by atoms with Gasteiger partial charge < -0.3 is 5.73 Å². The van der Waals surface area contributed by atoms with Crippen LogP contribution in [0.1, 0.15) is 12.0 Å². The maximum absolute atomic E-state index is 8.42. The van der Waals surface area contributed by atoms with Crippen molar-refractivity contribution in [2.45, 2.75) is 6.42 Å². The quantitative estimate of drug-likeness (QED) is 0.525. The van der Waals surface area contributed by atoms with Crippen LogP contribution >= 0.6 is 0 Å². The van der Waals surface area contributed by atoms with Gasteiger partial charge in [-0.15, -0.1) is 0 Å². The molecule has 0 radical (unpaired) electrons. The molecule has 0 aliphatic heterocycles. The molecule has 0 saturated heterocycles. The lowest BCUT2D eigenvalue weighted by Gasteiger charge is -2.01. The van der Waals surface area contributed by atoms with Crippen LogP contribution in [0.4, 0.5) is 5.69 Å². The van der Waals surface area contributed by atoms with Gasteiger partial charge in [-0.25, -0.2) is 0 Å². The maximum Gasteiger partial charge on any atom is 0.106 e. The number of benzene rings is 1. The summed E-state index contributed by atoms with van der Waals surface area (Å²) in [5, 5.41) is 8.42. The molecule has 2 rings (SSSR count). The van der Waals surface area contributed by atoms with E-state index in [9.17, 15) is 0 Å². The molecule has 1 aromatic carbocycles. The average molecular weight is 208 g/mol. The number of rotatable bonds is 0. The first kappa shape index (κ1) is 9.95. The second-order valence-electron chi connectivity index (χ2n) is 3.09. The van der Waals surface area contributed by atoms with Gasteiger partial charge in [0.15, 0.2) is 0 Å². The Bertz CT molecular complexity index is 629. The molecule has 0 bridgehead atoms. The zero-order valence-corrected chi connectivity index (χ0v) is 8.44. The molecule has 4 nitrogen and oxygen atoms in total. The normalized spacial score (nSPS) is 9.19. The lowest BCUT2D eigenvalue weighted by molar-refractivity contribution is 1.29. The molecule has 0 spiro atoms. The van der Waals surface area contributed by atoms with Crippen molar-refractivity contribution in [1.82, 2.24) is 9.97 Å². The van der Waals surface area contributed by atoms with Gasteiger partial charge in [0.25, 0.3) is 0 Å². The fraction of sp³-hybridized carbons (Fsp3) is 0.0833. The summed E-state index contributed by atoms with van der Waals surface area (Å²) in [6.07, 6.45) is 3.39. The van der Waals surface area contributed by atoms with E-state index in [1.807, 2.05) is 6.07 Å². The molecule has 4 heteroatoms. The van der Waals surface area contributed by atoms with Gasteiger partial charge in [-0.2, -0.15) is 5.26 Å². The van der Waals surface area contributed by atoms with Gasteiger partial charge in [-0.1, -0.05) is 11.8 Å². The summed E-state index contributed by atoms with van der Waals surface area (Å²) in [6.45, 7) is 0. The zero-order valence-electron chi connectivity index (χ0n) is 8.44. The Morgan fingerprint density at radius 2 is 2.06 bits per heavy atom. The highest BCUT2D eigenvalue weighted by molar-refractivity contribution is 5.86. The van der Waals surface area contributed by atoms with E-state index in [2.05, 4.69) is 21.8 Å². The molecule has 2 N–H and O–H groups in total. The molecular weight excluding hydrogens is 200 g/mol. The Labute approximate surface area is 92.7 Å². The molecular formula is C12H8N4. The van der Waals surface area contributed by atoms with Crippen LogP contribution in [0.5, 0.6) is 0 Å². The van der Waals surface area contributed by atoms with Crippen LogP contribution in [0.25, 0.3) is 11.0 Å². The molecule has 0 atom stereocenters. The van der Waals surface area contributed by atoms with Crippen molar-refractivity contribution in [3.63, 3.8) is 0 Å². The van der Waals surface area contributed by atoms with Gasteiger partial charge in [0, 0.05) is 18.1 Å². The van der Waals surface area contributed by atoms with Crippen molar-refractivity contribution >= 4 is 16.7 Å². The van der Waals surface area contributed by atoms with Crippen molar-refractivity contribution in [2.24, 2.45) is 0 Å². The number of nitrogens with zero attached hydrogens (tertiary/aromatic N) is 3. The van der Waals surface area contributed by atoms with Crippen LogP contribution in [0, 0.1) is 23.2 Å². The first-order valence-electron chi connectivity index (χ1n) is 4.68. The number of hydrogen-bond acceptors (Lipinski definition) is 4. The van der Waals surface area contributed by atoms with Gasteiger partial charge in [-0.3, -0.25) is 9.97 Å². The van der Waals surface area contributed by atoms with E-state index in [1.54, 1.807) is 24.5 Å². The summed E-state index contributed by atoms with van der Waals surface area (Å²) in [7, 11) is 0. The van der Waals surface area contributed by atoms with Crippen LogP contribution < -0.4 is 5.73 Å². The Hall–Kier alpha value is -2.59. The Morgan fingerprint density at radius 3 is 2.88 bits per heavy atom. The molecule has 0 unspecified atom stereocenters. The zero-order chi connectivity index (χ0) is 11.4. The molecule has 16 heavy (non-hydrogen) atoms. The predicted octanol–water partition coefficient (Wildman–Crippen LogP) is 1.48. The fourth-order valence-electron chi connectivity index (χ4n) is 1.36. The van der Waals surface area contributed by atoms with Crippen molar-refractivity contribution in [3.8, 4) is 17.9 Å². The maximum atomic E-state index is 8.42. The summed E-state index contributed by atoms with van der Waals surface area (Å²) in [5.41, 5.74) is 8.43. The predicted molar refractivity (Wildman–Crippen MR) is 61.1 cm³/mol. The van der Waals surface area contributed by atoms with Gasteiger partial charge in [0.1, 0.15) is 5.52 Å². The molecule has 2 aromatic rings. The molecule has 76 valence electrons. The van der Waals surface area contributed by atoms with Crippen LogP contribution in [0.2, 0.25) is 0 Å². The van der Waals surface area contributed by atoms with Crippen LogP contribution in [-0.2, 0) is 0 Å². The summed E-state index contributed by atoms with van der Waals surface area (Å²) in [6, 6.07) is 5.50. The van der Waals surface area contributed by atoms with Crippen molar-refractivity contribution < 1.29 is 0 Å². The van der Waals surface area contributed by atoms with E-state index in [0.29, 0.717) is 16.8 Å². The summed E-state index contributed by atoms with van der Waals surface area (Å²) in [4.78, 5) is 8.35. The Kier molecular flexibility index (Phi) is 2.67. The molecule has 1 aromatic heterocycles. The minimum Gasteiger partial charge on any atom is -0.398 e. The number of nitriles is 1. The molecule has 0 amide bonds. The van der Waals surface area contributed by atoms with E-state index in [4.69, 9.17) is 11.0 Å². The van der Waals surface area contributed by atoms with Crippen molar-refractivity contribution in [3.05, 3.63) is 30.1 Å². The third-order valence-electron chi connectivity index (χ3n) is 2.05. The molecule has 1 heterocycles. The monoisotopic (exact) mass is 208 g/mol. The molecule has 0 aliphatic rings. The molecule has 0 saturated carbocycles. The smallest absolute Gasteiger partial charge is 0.106 e. The van der Waals surface area contributed by atoms with E-state index >= 15 is 0 Å². The highest BCUT2D eigenvalue weighted by Crippen LogP contribution is 2.19. The standard InChI is InChI=1S/C12H8N4/c13-6-2-1-3-9-10(14)4-5-11-12(9)16-8-7-15-11/h4-5,7-8H,2,14H2. The highest BCUT2D eigenvalue weighted by atomic mass is 14.8. The van der Waals surface area contributed by atoms with Crippen LogP contribution in [-0.4, -0.2) is 9.97 Å². The first-order chi connectivity index (χ1) is 7.83. The Balaban J connectivity index is 2.64.